The predicted octanol–water partition coefficient (Wildman–Crippen LogP) is 3.49. The molecule has 0 aromatic carbocycles. The van der Waals surface area contributed by atoms with Gasteiger partial charge in [0.05, 0.1) is 11.8 Å². The third-order valence-electron chi connectivity index (χ3n) is 2.78. The molecule has 2 N–H and O–H groups in total. The molecule has 0 bridgehead atoms. The summed E-state index contributed by atoms with van der Waals surface area (Å²) < 4.78 is 0. The lowest BCUT2D eigenvalue weighted by Gasteiger charge is -2.07. The topological polar surface area (TPSA) is 74.6 Å². The summed E-state index contributed by atoms with van der Waals surface area (Å²) in [6.07, 6.45) is 0. The minimum atomic E-state index is -0.708. The van der Waals surface area contributed by atoms with Crippen LogP contribution in [0.1, 0.15) is 41.5 Å². The number of thiol groups is 2. The van der Waals surface area contributed by atoms with E-state index in [-0.39, 0.29) is 23.7 Å². The molecule has 0 amide bonds. The van der Waals surface area contributed by atoms with E-state index >= 15 is 0 Å². The average molecular weight is 298 g/mol. The van der Waals surface area contributed by atoms with E-state index in [1.54, 1.807) is 13.8 Å². The number of carboxylic acids is 2. The lowest BCUT2D eigenvalue weighted by Crippen LogP contribution is -2.15. The van der Waals surface area contributed by atoms with Gasteiger partial charge < -0.3 is 10.2 Å². The number of rotatable bonds is 4. The van der Waals surface area contributed by atoms with Crippen molar-refractivity contribution in [3.8, 4) is 0 Å². The highest BCUT2D eigenvalue weighted by molar-refractivity contribution is 8.59. The van der Waals surface area contributed by atoms with Crippen molar-refractivity contribution in [2.75, 3.05) is 0 Å². The van der Waals surface area contributed by atoms with Gasteiger partial charge in [-0.25, -0.2) is 0 Å². The molecule has 0 fully saturated rings. The van der Waals surface area contributed by atoms with Crippen LogP contribution in [-0.4, -0.2) is 22.2 Å². The molecule has 0 aromatic heterocycles. The van der Waals surface area contributed by atoms with Crippen LogP contribution in [0.2, 0.25) is 0 Å². The third kappa shape index (κ3) is 13.7. The quantitative estimate of drug-likeness (QED) is 0.473. The minimum absolute atomic E-state index is 0.213. The number of carboxylic acid groups (broad SMARTS) is 2. The van der Waals surface area contributed by atoms with Crippen LogP contribution in [0.5, 0.6) is 0 Å². The van der Waals surface area contributed by atoms with Crippen LogP contribution < -0.4 is 0 Å². The molecule has 110 valence electrons. The Balaban J connectivity index is -0.000000219. The maximum absolute atomic E-state index is 10.1. The van der Waals surface area contributed by atoms with Gasteiger partial charge in [-0.2, -0.15) is 0 Å². The molecule has 0 saturated heterocycles. The maximum atomic E-state index is 10.1. The molecule has 4 nitrogen and oxygen atoms in total. The molecule has 2 unspecified atom stereocenters. The van der Waals surface area contributed by atoms with Crippen LogP contribution >= 0.6 is 23.3 Å². The summed E-state index contributed by atoms with van der Waals surface area (Å²) in [4.78, 5) is 20.3. The van der Waals surface area contributed by atoms with Gasteiger partial charge in [0.15, 0.2) is 0 Å². The lowest BCUT2D eigenvalue weighted by molar-refractivity contribution is -0.143. The van der Waals surface area contributed by atoms with Gasteiger partial charge in [-0.1, -0.05) is 41.5 Å². The normalized spacial score (nSPS) is 12.8. The van der Waals surface area contributed by atoms with E-state index in [1.807, 2.05) is 27.7 Å². The molecule has 0 aromatic rings. The molecule has 0 rings (SSSR count). The minimum Gasteiger partial charge on any atom is -0.481 e. The molecule has 18 heavy (non-hydrogen) atoms. The molecule has 0 aliphatic heterocycles. The van der Waals surface area contributed by atoms with E-state index in [0.29, 0.717) is 0 Å². The summed E-state index contributed by atoms with van der Waals surface area (Å²) >= 11 is 6.44. The van der Waals surface area contributed by atoms with Crippen LogP contribution in [0.3, 0.4) is 0 Å². The zero-order valence-electron chi connectivity index (χ0n) is 11.9. The van der Waals surface area contributed by atoms with Gasteiger partial charge in [-0.15, -0.1) is 23.3 Å². The Bertz CT molecular complexity index is 206. The van der Waals surface area contributed by atoms with Crippen molar-refractivity contribution in [1.29, 1.82) is 0 Å². The zero-order chi connectivity index (χ0) is 15.5. The zero-order valence-corrected chi connectivity index (χ0v) is 13.7. The average Bonchev–Trinajstić information content (AvgIpc) is 2.29. The van der Waals surface area contributed by atoms with Crippen molar-refractivity contribution in [2.24, 2.45) is 23.7 Å². The summed E-state index contributed by atoms with van der Waals surface area (Å²) in [6.45, 7) is 11.0. The van der Waals surface area contributed by atoms with Gasteiger partial charge in [0.1, 0.15) is 0 Å². The van der Waals surface area contributed by atoms with Crippen LogP contribution in [0.25, 0.3) is 0 Å². The number of hydrogen-bond acceptors (Lipinski definition) is 4. The van der Waals surface area contributed by atoms with Crippen LogP contribution in [0.15, 0.2) is 0 Å². The van der Waals surface area contributed by atoms with E-state index in [2.05, 4.69) is 23.3 Å². The molecule has 0 heterocycles. The van der Waals surface area contributed by atoms with Crippen LogP contribution in [-0.2, 0) is 9.59 Å². The first kappa shape index (κ1) is 22.8. The van der Waals surface area contributed by atoms with Gasteiger partial charge in [-0.05, 0) is 11.8 Å². The molecule has 6 heteroatoms. The first-order valence-electron chi connectivity index (χ1n) is 5.76. The monoisotopic (exact) mass is 298 g/mol. The van der Waals surface area contributed by atoms with Gasteiger partial charge in [0, 0.05) is 0 Å². The Morgan fingerprint density at radius 3 is 0.889 bits per heavy atom. The summed E-state index contributed by atoms with van der Waals surface area (Å²) in [5, 5.41) is 16.7. The molecule has 0 radical (unpaired) electrons. The highest BCUT2D eigenvalue weighted by Gasteiger charge is 2.14. The van der Waals surface area contributed by atoms with Gasteiger partial charge in [0.25, 0.3) is 0 Å². The second kappa shape index (κ2) is 13.1. The molecular formula is C12H26O4S2. The van der Waals surface area contributed by atoms with Crippen LogP contribution in [0.4, 0.5) is 0 Å². The summed E-state index contributed by atoms with van der Waals surface area (Å²) in [5.74, 6) is -1.36. The summed E-state index contributed by atoms with van der Waals surface area (Å²) in [7, 11) is 0. The standard InChI is InChI=1S/2C6H12O2.H2S2/c2*1-4(2)5(3)6(7)8;1-2/h2*4-5H,1-3H3,(H,7,8);1-2H. The molecular weight excluding hydrogens is 272 g/mol. The number of hydrogen-bond donors (Lipinski definition) is 4. The van der Waals surface area contributed by atoms with E-state index in [4.69, 9.17) is 10.2 Å². The van der Waals surface area contributed by atoms with Crippen molar-refractivity contribution in [3.05, 3.63) is 0 Å². The molecule has 2 atom stereocenters. The van der Waals surface area contributed by atoms with E-state index in [9.17, 15) is 9.59 Å². The van der Waals surface area contributed by atoms with E-state index in [1.165, 1.54) is 0 Å². The Hall–Kier alpha value is -0.360. The van der Waals surface area contributed by atoms with Gasteiger partial charge >= 0.3 is 11.9 Å². The Morgan fingerprint density at radius 1 is 0.722 bits per heavy atom. The van der Waals surface area contributed by atoms with Crippen molar-refractivity contribution in [1.82, 2.24) is 0 Å². The van der Waals surface area contributed by atoms with Crippen LogP contribution in [0, 0.1) is 23.7 Å². The Labute approximate surface area is 120 Å². The summed E-state index contributed by atoms with van der Waals surface area (Å²) in [6, 6.07) is 0. The third-order valence-corrected chi connectivity index (χ3v) is 2.78. The Kier molecular flexibility index (Phi) is 16.6. The first-order valence-corrected chi connectivity index (χ1v) is 7.36. The predicted molar refractivity (Wildman–Crippen MR) is 81.2 cm³/mol. The lowest BCUT2D eigenvalue weighted by atomic mass is 9.99. The molecule has 0 spiro atoms. The van der Waals surface area contributed by atoms with Gasteiger partial charge in [-0.3, -0.25) is 9.59 Å². The first-order chi connectivity index (χ1) is 8.11. The molecule has 0 aliphatic carbocycles. The SMILES string of the molecule is CC(C)C(C)C(=O)O.CC(C)C(C)C(=O)O.SS. The number of carbonyl (C=O) groups is 2. The second-order valence-corrected chi connectivity index (χ2v) is 4.74. The van der Waals surface area contributed by atoms with Crippen molar-refractivity contribution in [2.45, 2.75) is 41.5 Å². The fourth-order valence-corrected chi connectivity index (χ4v) is 0.570. The van der Waals surface area contributed by atoms with E-state index in [0.717, 1.165) is 0 Å². The summed E-state index contributed by atoms with van der Waals surface area (Å²) in [5.41, 5.74) is 0. The Morgan fingerprint density at radius 2 is 0.889 bits per heavy atom. The van der Waals surface area contributed by atoms with Crippen molar-refractivity contribution >= 4 is 35.3 Å². The highest BCUT2D eigenvalue weighted by atomic mass is 33.1. The fourth-order valence-electron chi connectivity index (χ4n) is 0.570. The van der Waals surface area contributed by atoms with Crippen molar-refractivity contribution in [3.63, 3.8) is 0 Å². The van der Waals surface area contributed by atoms with Crippen molar-refractivity contribution < 1.29 is 19.8 Å². The smallest absolute Gasteiger partial charge is 0.306 e. The second-order valence-electron chi connectivity index (χ2n) is 4.74. The fraction of sp³-hybridized carbons (Fsp3) is 0.833. The maximum Gasteiger partial charge on any atom is 0.306 e. The molecule has 0 aliphatic rings. The van der Waals surface area contributed by atoms with E-state index < -0.39 is 11.9 Å². The largest absolute Gasteiger partial charge is 0.481 e. The van der Waals surface area contributed by atoms with Gasteiger partial charge in [0.2, 0.25) is 0 Å². The molecule has 0 saturated carbocycles. The highest BCUT2D eigenvalue weighted by Crippen LogP contribution is 2.08. The number of aliphatic carboxylic acids is 2.